The standard InChI is InChI=1S/C14H22O6.Mg.2H/c1-11(2)14(18)20-10-9-19-13(17)8-6-4-3-5-7-12(15)16;;;/h1,3-10H2,2H3,(H,15,16);;;/q;+2;2*-1. The van der Waals surface area contributed by atoms with Gasteiger partial charge >= 0.3 is 41.0 Å². The maximum absolute atomic E-state index is 11.3. The van der Waals surface area contributed by atoms with Crippen LogP contribution in [0.4, 0.5) is 0 Å². The fourth-order valence-electron chi connectivity index (χ4n) is 1.38. The summed E-state index contributed by atoms with van der Waals surface area (Å²) in [5.41, 5.74) is 0.303. The molecule has 0 amide bonds. The Labute approximate surface area is 144 Å². The molecule has 0 bridgehead atoms. The SMILES string of the molecule is C=C(C)C(=O)OCCOC(=O)CCCCCCC(=O)O.[H-].[H-].[Mg+2]. The van der Waals surface area contributed by atoms with Crippen LogP contribution in [0.25, 0.3) is 0 Å². The molecule has 0 radical (unpaired) electrons. The minimum Gasteiger partial charge on any atom is -1.00 e. The van der Waals surface area contributed by atoms with Gasteiger partial charge in [-0.25, -0.2) is 4.79 Å². The van der Waals surface area contributed by atoms with E-state index in [9.17, 15) is 14.4 Å². The van der Waals surface area contributed by atoms with Gasteiger partial charge in [0.1, 0.15) is 13.2 Å². The van der Waals surface area contributed by atoms with E-state index in [1.54, 1.807) is 6.92 Å². The second-order valence-corrected chi connectivity index (χ2v) is 4.44. The molecule has 0 unspecified atom stereocenters. The van der Waals surface area contributed by atoms with Gasteiger partial charge in [-0.15, -0.1) is 0 Å². The molecule has 1 N–H and O–H groups in total. The normalized spacial score (nSPS) is 9.38. The van der Waals surface area contributed by atoms with Crippen LogP contribution in [0.1, 0.15) is 48.3 Å². The number of rotatable bonds is 11. The number of carbonyl (C=O) groups excluding carboxylic acids is 2. The first-order chi connectivity index (χ1) is 9.43. The van der Waals surface area contributed by atoms with E-state index in [4.69, 9.17) is 14.6 Å². The molecule has 21 heavy (non-hydrogen) atoms. The van der Waals surface area contributed by atoms with E-state index in [1.807, 2.05) is 0 Å². The van der Waals surface area contributed by atoms with Crippen LogP contribution in [0.2, 0.25) is 0 Å². The Balaban J connectivity index is -0.000000602. The molecule has 0 aromatic heterocycles. The molecule has 0 heterocycles. The van der Waals surface area contributed by atoms with Crippen molar-refractivity contribution in [2.45, 2.75) is 45.4 Å². The number of hydrogen-bond acceptors (Lipinski definition) is 5. The van der Waals surface area contributed by atoms with Crippen LogP contribution in [0.5, 0.6) is 0 Å². The number of aliphatic carboxylic acids is 1. The topological polar surface area (TPSA) is 89.9 Å². The van der Waals surface area contributed by atoms with Gasteiger partial charge in [-0.1, -0.05) is 19.4 Å². The van der Waals surface area contributed by atoms with Gasteiger partial charge in [0.15, 0.2) is 0 Å². The van der Waals surface area contributed by atoms with Gasteiger partial charge in [-0.3, -0.25) is 9.59 Å². The minimum atomic E-state index is -0.797. The summed E-state index contributed by atoms with van der Waals surface area (Å²) >= 11 is 0. The molecule has 7 heteroatoms. The first-order valence-corrected chi connectivity index (χ1v) is 6.63. The van der Waals surface area contributed by atoms with Gasteiger partial charge in [0.25, 0.3) is 0 Å². The molecule has 0 aliphatic rings. The summed E-state index contributed by atoms with van der Waals surface area (Å²) in [6.07, 6.45) is 3.34. The number of hydrogen-bond donors (Lipinski definition) is 1. The Morgan fingerprint density at radius 2 is 1.52 bits per heavy atom. The van der Waals surface area contributed by atoms with Crippen molar-refractivity contribution in [3.63, 3.8) is 0 Å². The van der Waals surface area contributed by atoms with Crippen molar-refractivity contribution >= 4 is 41.0 Å². The molecule has 0 aliphatic carbocycles. The molecule has 0 rings (SSSR count). The van der Waals surface area contributed by atoms with Crippen LogP contribution in [0.3, 0.4) is 0 Å². The van der Waals surface area contributed by atoms with Gasteiger partial charge in [-0.2, -0.15) is 0 Å². The van der Waals surface area contributed by atoms with Crippen LogP contribution < -0.4 is 0 Å². The molecule has 0 fully saturated rings. The van der Waals surface area contributed by atoms with Crippen LogP contribution >= 0.6 is 0 Å². The molecule has 0 spiro atoms. The molecule has 0 aliphatic heterocycles. The van der Waals surface area contributed by atoms with Crippen LogP contribution in [0, 0.1) is 0 Å². The molecule has 0 saturated carbocycles. The summed E-state index contributed by atoms with van der Waals surface area (Å²) in [6.45, 7) is 5.03. The summed E-state index contributed by atoms with van der Waals surface area (Å²) < 4.78 is 9.64. The maximum atomic E-state index is 11.3. The Morgan fingerprint density at radius 1 is 1.00 bits per heavy atom. The van der Waals surface area contributed by atoms with Crippen molar-refractivity contribution in [2.75, 3.05) is 13.2 Å². The third-order valence-electron chi connectivity index (χ3n) is 2.45. The number of carboxylic acid groups (broad SMARTS) is 1. The van der Waals surface area contributed by atoms with Crippen molar-refractivity contribution < 1.29 is 31.8 Å². The Bertz CT molecular complexity index is 363. The zero-order chi connectivity index (χ0) is 15.4. The van der Waals surface area contributed by atoms with Crippen molar-refractivity contribution in [3.8, 4) is 0 Å². The first kappa shape index (κ1) is 22.2. The Hall–Kier alpha value is -1.08. The molecule has 118 valence electrons. The van der Waals surface area contributed by atoms with Gasteiger partial charge in [0.2, 0.25) is 0 Å². The molecular weight excluding hydrogens is 288 g/mol. The van der Waals surface area contributed by atoms with Crippen LogP contribution in [-0.2, 0) is 23.9 Å². The third kappa shape index (κ3) is 15.1. The monoisotopic (exact) mass is 312 g/mol. The Kier molecular flexibility index (Phi) is 14.7. The second kappa shape index (κ2) is 13.9. The number of ether oxygens (including phenoxy) is 2. The zero-order valence-corrected chi connectivity index (χ0v) is 14.0. The van der Waals surface area contributed by atoms with E-state index >= 15 is 0 Å². The molecular formula is C14H24MgO6. The van der Waals surface area contributed by atoms with E-state index in [2.05, 4.69) is 6.58 Å². The van der Waals surface area contributed by atoms with Crippen molar-refractivity contribution in [2.24, 2.45) is 0 Å². The zero-order valence-electron chi connectivity index (χ0n) is 14.6. The van der Waals surface area contributed by atoms with Crippen molar-refractivity contribution in [1.82, 2.24) is 0 Å². The molecule has 0 saturated heterocycles. The predicted octanol–water partition coefficient (Wildman–Crippen LogP) is 1.92. The van der Waals surface area contributed by atoms with Gasteiger partial charge < -0.3 is 17.4 Å². The smallest absolute Gasteiger partial charge is 1.00 e. The Morgan fingerprint density at radius 3 is 2.05 bits per heavy atom. The number of carboxylic acids is 1. The predicted molar refractivity (Wildman–Crippen MR) is 80.0 cm³/mol. The summed E-state index contributed by atoms with van der Waals surface area (Å²) in [7, 11) is 0. The first-order valence-electron chi connectivity index (χ1n) is 6.63. The number of esters is 2. The molecule has 0 aromatic rings. The molecule has 6 nitrogen and oxygen atoms in total. The van der Waals surface area contributed by atoms with Crippen LogP contribution in [-0.4, -0.2) is 59.3 Å². The van der Waals surface area contributed by atoms with Crippen molar-refractivity contribution in [3.05, 3.63) is 12.2 Å². The van der Waals surface area contributed by atoms with Crippen molar-refractivity contribution in [1.29, 1.82) is 0 Å². The fraction of sp³-hybridized carbons (Fsp3) is 0.643. The number of unbranched alkanes of at least 4 members (excludes halogenated alkanes) is 3. The fourth-order valence-corrected chi connectivity index (χ4v) is 1.38. The van der Waals surface area contributed by atoms with E-state index in [1.165, 1.54) is 0 Å². The summed E-state index contributed by atoms with van der Waals surface area (Å²) in [4.78, 5) is 32.6. The van der Waals surface area contributed by atoms with E-state index in [0.29, 0.717) is 24.8 Å². The molecule has 0 aromatic carbocycles. The largest absolute Gasteiger partial charge is 2.00 e. The van der Waals surface area contributed by atoms with E-state index < -0.39 is 11.9 Å². The maximum Gasteiger partial charge on any atom is 2.00 e. The average molecular weight is 313 g/mol. The third-order valence-corrected chi connectivity index (χ3v) is 2.45. The van der Waals surface area contributed by atoms with Gasteiger partial charge in [0, 0.05) is 18.4 Å². The quantitative estimate of drug-likeness (QED) is 0.271. The van der Waals surface area contributed by atoms with E-state index in [-0.39, 0.29) is 51.5 Å². The summed E-state index contributed by atoms with van der Waals surface area (Å²) in [5, 5.41) is 8.44. The molecule has 0 atom stereocenters. The number of carbonyl (C=O) groups is 3. The average Bonchev–Trinajstić information content (AvgIpc) is 2.37. The minimum absolute atomic E-state index is 0. The van der Waals surface area contributed by atoms with Gasteiger partial charge in [-0.05, 0) is 19.8 Å². The second-order valence-electron chi connectivity index (χ2n) is 4.44. The van der Waals surface area contributed by atoms with Gasteiger partial charge in [0.05, 0.1) is 0 Å². The van der Waals surface area contributed by atoms with E-state index in [0.717, 1.165) is 12.8 Å². The van der Waals surface area contributed by atoms with Crippen LogP contribution in [0.15, 0.2) is 12.2 Å². The summed E-state index contributed by atoms with van der Waals surface area (Å²) in [6, 6.07) is 0. The summed E-state index contributed by atoms with van der Waals surface area (Å²) in [5.74, 6) is -1.64.